The van der Waals surface area contributed by atoms with Crippen molar-refractivity contribution in [2.45, 2.75) is 26.1 Å². The third kappa shape index (κ3) is 3.55. The van der Waals surface area contributed by atoms with Crippen LogP contribution in [0.2, 0.25) is 0 Å². The van der Waals surface area contributed by atoms with Crippen LogP contribution < -0.4 is 5.32 Å². The zero-order valence-electron chi connectivity index (χ0n) is 10.9. The molecule has 0 saturated carbocycles. The van der Waals surface area contributed by atoms with Gasteiger partial charge in [0.05, 0.1) is 10.6 Å². The molecule has 2 aromatic heterocycles. The molecule has 0 unspecified atom stereocenters. The van der Waals surface area contributed by atoms with Crippen molar-refractivity contribution in [2.75, 3.05) is 6.54 Å². The number of thiazole rings is 1. The molecule has 1 N–H and O–H groups in total. The Morgan fingerprint density at radius 2 is 2.10 bits per heavy atom. The van der Waals surface area contributed by atoms with Crippen LogP contribution in [-0.4, -0.2) is 16.5 Å². The van der Waals surface area contributed by atoms with Crippen molar-refractivity contribution in [2.24, 2.45) is 0 Å². The summed E-state index contributed by atoms with van der Waals surface area (Å²) in [4.78, 5) is 7.96. The maximum absolute atomic E-state index is 13.0. The van der Waals surface area contributed by atoms with Crippen molar-refractivity contribution in [3.63, 3.8) is 0 Å². The number of hydrogen-bond donors (Lipinski definition) is 1. The highest BCUT2D eigenvalue weighted by atomic mass is 32.1. The molecule has 108 valence electrons. The van der Waals surface area contributed by atoms with E-state index < -0.39 is 11.9 Å². The van der Waals surface area contributed by atoms with E-state index in [9.17, 15) is 13.2 Å². The van der Waals surface area contributed by atoms with E-state index in [1.54, 1.807) is 24.4 Å². The summed E-state index contributed by atoms with van der Waals surface area (Å²) >= 11 is 1.03. The normalized spacial score (nSPS) is 11.8. The molecule has 0 saturated heterocycles. The molecular weight excluding hydrogens is 287 g/mol. The van der Waals surface area contributed by atoms with Gasteiger partial charge in [-0.3, -0.25) is 4.98 Å². The van der Waals surface area contributed by atoms with E-state index in [0.717, 1.165) is 17.8 Å². The lowest BCUT2D eigenvalue weighted by Gasteiger charge is -2.06. The summed E-state index contributed by atoms with van der Waals surface area (Å²) in [6, 6.07) is 5.10. The van der Waals surface area contributed by atoms with Crippen LogP contribution >= 0.6 is 11.3 Å². The van der Waals surface area contributed by atoms with Gasteiger partial charge >= 0.3 is 6.18 Å². The van der Waals surface area contributed by atoms with Crippen molar-refractivity contribution in [3.8, 4) is 10.7 Å². The van der Waals surface area contributed by atoms with Crippen molar-refractivity contribution in [3.05, 3.63) is 35.0 Å². The first kappa shape index (κ1) is 14.9. The SMILES string of the molecule is CCCNCc1sc(-c2ccccn2)nc1C(F)(F)F. The van der Waals surface area contributed by atoms with Crippen LogP contribution in [0.4, 0.5) is 13.2 Å². The molecule has 0 amide bonds. The Labute approximate surface area is 118 Å². The molecule has 7 heteroatoms. The second-order valence-electron chi connectivity index (χ2n) is 4.18. The quantitative estimate of drug-likeness (QED) is 0.855. The summed E-state index contributed by atoms with van der Waals surface area (Å²) < 4.78 is 38.9. The van der Waals surface area contributed by atoms with Gasteiger partial charge in [0.2, 0.25) is 0 Å². The second-order valence-corrected chi connectivity index (χ2v) is 5.26. The van der Waals surface area contributed by atoms with Crippen LogP contribution in [0, 0.1) is 0 Å². The number of nitrogens with one attached hydrogen (secondary N) is 1. The minimum Gasteiger partial charge on any atom is -0.312 e. The second kappa shape index (κ2) is 6.32. The first-order chi connectivity index (χ1) is 9.52. The van der Waals surface area contributed by atoms with Gasteiger partial charge in [-0.1, -0.05) is 13.0 Å². The van der Waals surface area contributed by atoms with Crippen LogP contribution in [0.25, 0.3) is 10.7 Å². The van der Waals surface area contributed by atoms with Crippen LogP contribution in [0.1, 0.15) is 23.9 Å². The topological polar surface area (TPSA) is 37.8 Å². The molecule has 20 heavy (non-hydrogen) atoms. The predicted molar refractivity (Wildman–Crippen MR) is 72.3 cm³/mol. The Balaban J connectivity index is 2.32. The summed E-state index contributed by atoms with van der Waals surface area (Å²) in [6.45, 7) is 2.81. The van der Waals surface area contributed by atoms with Crippen LogP contribution in [0.3, 0.4) is 0 Å². The van der Waals surface area contributed by atoms with Gasteiger partial charge in [0.1, 0.15) is 5.01 Å². The molecule has 2 rings (SSSR count). The van der Waals surface area contributed by atoms with E-state index in [-0.39, 0.29) is 11.4 Å². The molecule has 0 aromatic carbocycles. The average Bonchev–Trinajstić information content (AvgIpc) is 2.84. The number of rotatable bonds is 5. The van der Waals surface area contributed by atoms with Crippen molar-refractivity contribution in [1.29, 1.82) is 0 Å². The van der Waals surface area contributed by atoms with E-state index in [2.05, 4.69) is 15.3 Å². The molecule has 0 atom stereocenters. The third-order valence-electron chi connectivity index (χ3n) is 2.56. The standard InChI is InChI=1S/C13H14F3N3S/c1-2-6-17-8-10-11(13(14,15)16)19-12(20-10)9-5-3-4-7-18-9/h3-5,7,17H,2,6,8H2,1H3. The van der Waals surface area contributed by atoms with E-state index in [1.807, 2.05) is 6.92 Å². The van der Waals surface area contributed by atoms with Crippen molar-refractivity contribution < 1.29 is 13.2 Å². The number of aromatic nitrogens is 2. The van der Waals surface area contributed by atoms with Gasteiger partial charge in [-0.25, -0.2) is 4.98 Å². The van der Waals surface area contributed by atoms with Gasteiger partial charge < -0.3 is 5.32 Å². The molecule has 0 aliphatic heterocycles. The Bertz CT molecular complexity index is 552. The van der Waals surface area contributed by atoms with Crippen LogP contribution in [-0.2, 0) is 12.7 Å². The van der Waals surface area contributed by atoms with E-state index >= 15 is 0 Å². The fourth-order valence-electron chi connectivity index (χ4n) is 1.67. The fraction of sp³-hybridized carbons (Fsp3) is 0.385. The zero-order valence-corrected chi connectivity index (χ0v) is 11.7. The predicted octanol–water partition coefficient (Wildman–Crippen LogP) is 3.72. The van der Waals surface area contributed by atoms with Crippen molar-refractivity contribution in [1.82, 2.24) is 15.3 Å². The molecule has 2 heterocycles. The molecule has 0 aliphatic carbocycles. The average molecular weight is 301 g/mol. The molecular formula is C13H14F3N3S. The highest BCUT2D eigenvalue weighted by Crippen LogP contribution is 2.37. The Morgan fingerprint density at radius 3 is 2.70 bits per heavy atom. The van der Waals surface area contributed by atoms with Gasteiger partial charge in [0, 0.05) is 12.7 Å². The van der Waals surface area contributed by atoms with Gasteiger partial charge in [-0.15, -0.1) is 11.3 Å². The van der Waals surface area contributed by atoms with Gasteiger partial charge in [-0.05, 0) is 25.1 Å². The summed E-state index contributed by atoms with van der Waals surface area (Å²) in [5, 5.41) is 3.28. The lowest BCUT2D eigenvalue weighted by Crippen LogP contribution is -2.17. The van der Waals surface area contributed by atoms with Gasteiger partial charge in [0.25, 0.3) is 0 Å². The van der Waals surface area contributed by atoms with E-state index in [4.69, 9.17) is 0 Å². The number of halogens is 3. The van der Waals surface area contributed by atoms with Crippen LogP contribution in [0.15, 0.2) is 24.4 Å². The van der Waals surface area contributed by atoms with E-state index in [1.165, 1.54) is 0 Å². The maximum atomic E-state index is 13.0. The molecule has 0 bridgehead atoms. The highest BCUT2D eigenvalue weighted by molar-refractivity contribution is 7.15. The molecule has 0 radical (unpaired) electrons. The Morgan fingerprint density at radius 1 is 1.30 bits per heavy atom. The molecule has 3 nitrogen and oxygen atoms in total. The minimum absolute atomic E-state index is 0.174. The molecule has 0 fully saturated rings. The van der Waals surface area contributed by atoms with Gasteiger partial charge in [0.15, 0.2) is 5.69 Å². The first-order valence-corrected chi connectivity index (χ1v) is 7.03. The smallest absolute Gasteiger partial charge is 0.312 e. The minimum atomic E-state index is -4.44. The summed E-state index contributed by atoms with van der Waals surface area (Å²) in [7, 11) is 0. The number of pyridine rings is 1. The molecule has 2 aromatic rings. The zero-order chi connectivity index (χ0) is 14.6. The largest absolute Gasteiger partial charge is 0.434 e. The Kier molecular flexibility index (Phi) is 4.72. The summed E-state index contributed by atoms with van der Waals surface area (Å²) in [5.74, 6) is 0. The first-order valence-electron chi connectivity index (χ1n) is 6.21. The van der Waals surface area contributed by atoms with E-state index in [0.29, 0.717) is 17.2 Å². The highest BCUT2D eigenvalue weighted by Gasteiger charge is 2.37. The van der Waals surface area contributed by atoms with Crippen molar-refractivity contribution >= 4 is 11.3 Å². The molecule has 0 spiro atoms. The summed E-state index contributed by atoms with van der Waals surface area (Å²) in [6.07, 6.45) is -2.03. The van der Waals surface area contributed by atoms with Crippen LogP contribution in [0.5, 0.6) is 0 Å². The lowest BCUT2D eigenvalue weighted by molar-refractivity contribution is -0.141. The van der Waals surface area contributed by atoms with Gasteiger partial charge in [-0.2, -0.15) is 13.2 Å². The summed E-state index contributed by atoms with van der Waals surface area (Å²) in [5.41, 5.74) is -0.350. The lowest BCUT2D eigenvalue weighted by atomic mass is 10.3. The Hall–Kier alpha value is -1.47. The third-order valence-corrected chi connectivity index (χ3v) is 3.64. The number of alkyl halides is 3. The fourth-order valence-corrected chi connectivity index (χ4v) is 2.70. The molecule has 0 aliphatic rings. The maximum Gasteiger partial charge on any atom is 0.434 e. The number of hydrogen-bond acceptors (Lipinski definition) is 4. The number of nitrogens with zero attached hydrogens (tertiary/aromatic N) is 2. The monoisotopic (exact) mass is 301 g/mol.